The van der Waals surface area contributed by atoms with E-state index < -0.39 is 0 Å². The molecule has 1 aliphatic heterocycles. The Balaban J connectivity index is 1.85. The maximum Gasteiger partial charge on any atom is 0.255 e. The zero-order chi connectivity index (χ0) is 15.7. The monoisotopic (exact) mass is 317 g/mol. The number of hydrogen-bond acceptors (Lipinski definition) is 4. The second-order valence-corrected chi connectivity index (χ2v) is 6.81. The van der Waals surface area contributed by atoms with E-state index in [4.69, 9.17) is 4.74 Å². The van der Waals surface area contributed by atoms with Gasteiger partial charge in [-0.1, -0.05) is 31.2 Å². The average Bonchev–Trinajstić information content (AvgIpc) is 2.55. The highest BCUT2D eigenvalue weighted by Gasteiger charge is 2.29. The van der Waals surface area contributed by atoms with E-state index in [-0.39, 0.29) is 17.1 Å². The quantitative estimate of drug-likeness (QED) is 0.883. The number of methoxy groups -OCH3 is 1. The van der Waals surface area contributed by atoms with Crippen LogP contribution in [0.1, 0.15) is 18.4 Å². The molecule has 2 aromatic carbocycles. The van der Waals surface area contributed by atoms with Gasteiger partial charge in [0.2, 0.25) is 0 Å². The Kier molecular flexibility index (Phi) is 4.27. The summed E-state index contributed by atoms with van der Waals surface area (Å²) in [4.78, 5) is 11.4. The lowest BCUT2D eigenvalue weighted by Crippen LogP contribution is -2.41. The lowest BCUT2D eigenvalue weighted by molar-refractivity contribution is -0.163. The first-order valence-corrected chi connectivity index (χ1v) is 8.32. The second kappa shape index (κ2) is 6.18. The molecule has 0 saturated carbocycles. The first-order valence-electron chi connectivity index (χ1n) is 7.27. The molecule has 1 N–H and O–H groups in total. The van der Waals surface area contributed by atoms with E-state index in [1.807, 2.05) is 12.1 Å². The summed E-state index contributed by atoms with van der Waals surface area (Å²) in [6.07, 6.45) is 0. The molecule has 22 heavy (non-hydrogen) atoms. The Morgan fingerprint density at radius 1 is 1.27 bits per heavy atom. The maximum atomic E-state index is 11.4. The van der Waals surface area contributed by atoms with Crippen molar-refractivity contribution in [2.45, 2.75) is 18.1 Å². The van der Waals surface area contributed by atoms with E-state index in [0.717, 1.165) is 16.2 Å². The van der Waals surface area contributed by atoms with Gasteiger partial charge < -0.3 is 4.74 Å². The second-order valence-electron chi connectivity index (χ2n) is 5.59. The van der Waals surface area contributed by atoms with Crippen LogP contribution in [0.4, 0.5) is 0 Å². The van der Waals surface area contributed by atoms with Crippen molar-refractivity contribution in [2.75, 3.05) is 19.4 Å². The Bertz CT molecular complexity index is 703. The van der Waals surface area contributed by atoms with Crippen molar-refractivity contribution in [3.05, 3.63) is 42.0 Å². The molecule has 0 aliphatic carbocycles. The standard InChI is InChI=1S/C17H19NO3S/c1-11(16-9-18(20)17(19)10-22-16)12-3-4-14-8-15(21-2)6-5-13(14)7-12/h3-8,11,16,20H,9-10H2,1-2H3. The number of thioether (sulfide) groups is 1. The highest BCUT2D eigenvalue weighted by atomic mass is 32.2. The van der Waals surface area contributed by atoms with Gasteiger partial charge in [-0.25, -0.2) is 5.06 Å². The van der Waals surface area contributed by atoms with E-state index in [2.05, 4.69) is 31.2 Å². The summed E-state index contributed by atoms with van der Waals surface area (Å²) in [5.74, 6) is 1.25. The molecular formula is C17H19NO3S. The molecule has 0 bridgehead atoms. The van der Waals surface area contributed by atoms with Crippen LogP contribution < -0.4 is 4.74 Å². The third-order valence-corrected chi connectivity index (χ3v) is 5.62. The number of amides is 1. The summed E-state index contributed by atoms with van der Waals surface area (Å²) >= 11 is 1.62. The zero-order valence-electron chi connectivity index (χ0n) is 12.7. The van der Waals surface area contributed by atoms with Gasteiger partial charge in [0.05, 0.1) is 19.4 Å². The predicted molar refractivity (Wildman–Crippen MR) is 88.7 cm³/mol. The molecule has 0 aromatic heterocycles. The van der Waals surface area contributed by atoms with Crippen molar-refractivity contribution in [1.29, 1.82) is 0 Å². The van der Waals surface area contributed by atoms with E-state index in [1.54, 1.807) is 18.9 Å². The molecule has 1 amide bonds. The summed E-state index contributed by atoms with van der Waals surface area (Å²) in [5.41, 5.74) is 1.22. The minimum Gasteiger partial charge on any atom is -0.497 e. The van der Waals surface area contributed by atoms with Crippen molar-refractivity contribution in [2.24, 2.45) is 0 Å². The van der Waals surface area contributed by atoms with Gasteiger partial charge in [0, 0.05) is 5.25 Å². The van der Waals surface area contributed by atoms with Gasteiger partial charge in [-0.05, 0) is 34.4 Å². The molecular weight excluding hydrogens is 298 g/mol. The number of carbonyl (C=O) groups excluding carboxylic acids is 1. The van der Waals surface area contributed by atoms with E-state index >= 15 is 0 Å². The normalized spacial score (nSPS) is 20.2. The number of carbonyl (C=O) groups is 1. The molecule has 3 rings (SSSR count). The number of benzene rings is 2. The minimum atomic E-state index is -0.209. The van der Waals surface area contributed by atoms with E-state index in [0.29, 0.717) is 12.3 Å². The Morgan fingerprint density at radius 2 is 2.00 bits per heavy atom. The molecule has 0 spiro atoms. The van der Waals surface area contributed by atoms with Crippen LogP contribution in [0.15, 0.2) is 36.4 Å². The molecule has 5 heteroatoms. The van der Waals surface area contributed by atoms with Crippen LogP contribution in [0.5, 0.6) is 5.75 Å². The summed E-state index contributed by atoms with van der Waals surface area (Å²) in [6.45, 7) is 2.53. The fraction of sp³-hybridized carbons (Fsp3) is 0.353. The minimum absolute atomic E-state index is 0.207. The van der Waals surface area contributed by atoms with Crippen molar-refractivity contribution < 1.29 is 14.7 Å². The van der Waals surface area contributed by atoms with E-state index in [9.17, 15) is 10.0 Å². The highest BCUT2D eigenvalue weighted by Crippen LogP contribution is 2.33. The molecule has 1 heterocycles. The third kappa shape index (κ3) is 2.91. The van der Waals surface area contributed by atoms with Crippen LogP contribution in [0.3, 0.4) is 0 Å². The molecule has 1 fully saturated rings. The van der Waals surface area contributed by atoms with Crippen LogP contribution in [0, 0.1) is 0 Å². The lowest BCUT2D eigenvalue weighted by Gasteiger charge is -2.31. The predicted octanol–water partition coefficient (Wildman–Crippen LogP) is 3.29. The summed E-state index contributed by atoms with van der Waals surface area (Å²) in [6, 6.07) is 12.4. The summed E-state index contributed by atoms with van der Waals surface area (Å²) in [7, 11) is 1.67. The first kappa shape index (κ1) is 15.2. The van der Waals surface area contributed by atoms with Crippen LogP contribution in [0.25, 0.3) is 10.8 Å². The van der Waals surface area contributed by atoms with Gasteiger partial charge in [0.15, 0.2) is 0 Å². The molecule has 4 nitrogen and oxygen atoms in total. The SMILES string of the molecule is COc1ccc2cc(C(C)C3CN(O)C(=O)CS3)ccc2c1. The van der Waals surface area contributed by atoms with Gasteiger partial charge >= 0.3 is 0 Å². The molecule has 2 unspecified atom stereocenters. The van der Waals surface area contributed by atoms with Gasteiger partial charge in [0.25, 0.3) is 5.91 Å². The molecule has 0 radical (unpaired) electrons. The Morgan fingerprint density at radius 3 is 2.73 bits per heavy atom. The van der Waals surface area contributed by atoms with Gasteiger partial charge in [0.1, 0.15) is 5.75 Å². The molecule has 2 atom stereocenters. The molecule has 1 aliphatic rings. The van der Waals surface area contributed by atoms with Crippen LogP contribution in [-0.4, -0.2) is 40.8 Å². The Labute approximate surface area is 134 Å². The maximum absolute atomic E-state index is 11.4. The number of hydrogen-bond donors (Lipinski definition) is 1. The highest BCUT2D eigenvalue weighted by molar-refractivity contribution is 8.00. The van der Waals surface area contributed by atoms with Crippen LogP contribution in [0.2, 0.25) is 0 Å². The number of fused-ring (bicyclic) bond motifs is 1. The first-order chi connectivity index (χ1) is 10.6. The van der Waals surface area contributed by atoms with Crippen molar-refractivity contribution in [3.63, 3.8) is 0 Å². The molecule has 2 aromatic rings. The number of rotatable bonds is 3. The van der Waals surface area contributed by atoms with Crippen molar-refractivity contribution in [1.82, 2.24) is 5.06 Å². The fourth-order valence-electron chi connectivity index (χ4n) is 2.75. The molecule has 116 valence electrons. The summed E-state index contributed by atoms with van der Waals surface area (Å²) in [5, 5.41) is 13.0. The third-order valence-electron chi connectivity index (χ3n) is 4.22. The van der Waals surface area contributed by atoms with Gasteiger partial charge in [-0.3, -0.25) is 10.0 Å². The fourth-order valence-corrected chi connectivity index (χ4v) is 3.95. The zero-order valence-corrected chi connectivity index (χ0v) is 13.5. The van der Waals surface area contributed by atoms with Crippen molar-refractivity contribution >= 4 is 28.4 Å². The average molecular weight is 317 g/mol. The van der Waals surface area contributed by atoms with Crippen molar-refractivity contribution in [3.8, 4) is 5.75 Å². The topological polar surface area (TPSA) is 49.8 Å². The largest absolute Gasteiger partial charge is 0.497 e. The summed E-state index contributed by atoms with van der Waals surface area (Å²) < 4.78 is 5.25. The Hall–Kier alpha value is -1.72. The number of hydroxylamine groups is 2. The van der Waals surface area contributed by atoms with Crippen LogP contribution >= 0.6 is 11.8 Å². The number of nitrogens with zero attached hydrogens (tertiary/aromatic N) is 1. The van der Waals surface area contributed by atoms with Crippen LogP contribution in [-0.2, 0) is 4.79 Å². The van der Waals surface area contributed by atoms with Gasteiger partial charge in [-0.2, -0.15) is 0 Å². The van der Waals surface area contributed by atoms with E-state index in [1.165, 1.54) is 10.9 Å². The number of ether oxygens (including phenoxy) is 1. The molecule has 1 saturated heterocycles. The lowest BCUT2D eigenvalue weighted by atomic mass is 9.94. The van der Waals surface area contributed by atoms with Gasteiger partial charge in [-0.15, -0.1) is 11.8 Å². The smallest absolute Gasteiger partial charge is 0.255 e.